The molecule has 1 atom stereocenters. The number of nitrogens with one attached hydrogen (secondary N) is 2. The van der Waals surface area contributed by atoms with Crippen molar-refractivity contribution in [1.82, 2.24) is 15.5 Å². The molecule has 0 aromatic carbocycles. The van der Waals surface area contributed by atoms with E-state index in [0.717, 1.165) is 32.5 Å². The minimum Gasteiger partial charge on any atom is -0.383 e. The zero-order valence-electron chi connectivity index (χ0n) is 12.2. The summed E-state index contributed by atoms with van der Waals surface area (Å²) in [4.78, 5) is 25.6. The summed E-state index contributed by atoms with van der Waals surface area (Å²) in [6, 6.07) is 0. The molecule has 0 spiro atoms. The molecule has 0 aromatic heterocycles. The van der Waals surface area contributed by atoms with E-state index < -0.39 is 0 Å². The predicted octanol–water partition coefficient (Wildman–Crippen LogP) is -0.403. The summed E-state index contributed by atoms with van der Waals surface area (Å²) in [5.74, 6) is 0.695. The second-order valence-corrected chi connectivity index (χ2v) is 5.67. The number of hydrogen-bond acceptors (Lipinski definition) is 4. The van der Waals surface area contributed by atoms with Gasteiger partial charge in [-0.1, -0.05) is 0 Å². The average molecular weight is 283 g/mol. The predicted molar refractivity (Wildman–Crippen MR) is 75.2 cm³/mol. The van der Waals surface area contributed by atoms with Gasteiger partial charge in [0, 0.05) is 45.0 Å². The lowest BCUT2D eigenvalue weighted by atomic mass is 9.97. The fourth-order valence-electron chi connectivity index (χ4n) is 2.88. The summed E-state index contributed by atoms with van der Waals surface area (Å²) in [6.45, 7) is 4.40. The van der Waals surface area contributed by atoms with Crippen LogP contribution in [0.25, 0.3) is 0 Å². The highest BCUT2D eigenvalue weighted by molar-refractivity contribution is 5.80. The van der Waals surface area contributed by atoms with Gasteiger partial charge in [-0.25, -0.2) is 0 Å². The average Bonchev–Trinajstić information content (AvgIpc) is 2.84. The Morgan fingerprint density at radius 2 is 2.20 bits per heavy atom. The van der Waals surface area contributed by atoms with Crippen LogP contribution in [0.5, 0.6) is 0 Å². The summed E-state index contributed by atoms with van der Waals surface area (Å²) >= 11 is 0. The number of piperidine rings is 1. The molecule has 2 aliphatic heterocycles. The molecular weight excluding hydrogens is 258 g/mol. The minimum atomic E-state index is 0.137. The summed E-state index contributed by atoms with van der Waals surface area (Å²) in [7, 11) is 1.64. The number of likely N-dealkylation sites (tertiary alicyclic amines) is 1. The van der Waals surface area contributed by atoms with Gasteiger partial charge in [0.05, 0.1) is 6.61 Å². The second kappa shape index (κ2) is 7.59. The first kappa shape index (κ1) is 15.3. The molecule has 2 rings (SSSR count). The minimum absolute atomic E-state index is 0.137. The van der Waals surface area contributed by atoms with Crippen molar-refractivity contribution in [3.05, 3.63) is 0 Å². The molecule has 2 N–H and O–H groups in total. The smallest absolute Gasteiger partial charge is 0.223 e. The summed E-state index contributed by atoms with van der Waals surface area (Å²) in [5, 5.41) is 6.27. The van der Waals surface area contributed by atoms with Crippen LogP contribution in [0, 0.1) is 11.8 Å². The topological polar surface area (TPSA) is 70.7 Å². The molecule has 2 amide bonds. The Bertz CT molecular complexity index is 343. The molecule has 114 valence electrons. The van der Waals surface area contributed by atoms with E-state index in [4.69, 9.17) is 4.74 Å². The number of amides is 2. The highest BCUT2D eigenvalue weighted by Gasteiger charge is 2.30. The van der Waals surface area contributed by atoms with Gasteiger partial charge in [-0.2, -0.15) is 0 Å². The van der Waals surface area contributed by atoms with Crippen molar-refractivity contribution in [2.45, 2.75) is 19.3 Å². The molecule has 0 radical (unpaired) electrons. The molecule has 0 saturated carbocycles. The largest absolute Gasteiger partial charge is 0.383 e. The van der Waals surface area contributed by atoms with Crippen molar-refractivity contribution >= 4 is 11.8 Å². The van der Waals surface area contributed by atoms with Crippen LogP contribution in [0.4, 0.5) is 0 Å². The van der Waals surface area contributed by atoms with Gasteiger partial charge < -0.3 is 20.3 Å². The van der Waals surface area contributed by atoms with E-state index in [2.05, 4.69) is 10.6 Å². The Morgan fingerprint density at radius 1 is 1.45 bits per heavy atom. The van der Waals surface area contributed by atoms with Gasteiger partial charge in [-0.15, -0.1) is 0 Å². The number of methoxy groups -OCH3 is 1. The van der Waals surface area contributed by atoms with Crippen LogP contribution in [-0.4, -0.2) is 63.2 Å². The zero-order valence-corrected chi connectivity index (χ0v) is 12.2. The molecule has 20 heavy (non-hydrogen) atoms. The van der Waals surface area contributed by atoms with Crippen molar-refractivity contribution in [2.75, 3.05) is 46.4 Å². The summed E-state index contributed by atoms with van der Waals surface area (Å²) in [6.07, 6.45) is 2.36. The molecule has 0 aromatic rings. The van der Waals surface area contributed by atoms with Crippen LogP contribution in [-0.2, 0) is 14.3 Å². The number of rotatable bonds is 6. The number of ether oxygens (including phenoxy) is 1. The van der Waals surface area contributed by atoms with E-state index >= 15 is 0 Å². The van der Waals surface area contributed by atoms with Gasteiger partial charge in [0.15, 0.2) is 0 Å². The Kier molecular flexibility index (Phi) is 5.79. The first-order chi connectivity index (χ1) is 9.70. The lowest BCUT2D eigenvalue weighted by Gasteiger charge is -2.22. The molecule has 2 heterocycles. The molecule has 0 unspecified atom stereocenters. The summed E-state index contributed by atoms with van der Waals surface area (Å²) < 4.78 is 5.00. The maximum absolute atomic E-state index is 12.0. The fourth-order valence-corrected chi connectivity index (χ4v) is 2.88. The molecule has 6 nitrogen and oxygen atoms in total. The van der Waals surface area contributed by atoms with Gasteiger partial charge in [0.2, 0.25) is 11.8 Å². The van der Waals surface area contributed by atoms with Gasteiger partial charge in [0.25, 0.3) is 0 Å². The Labute approximate surface area is 120 Å². The van der Waals surface area contributed by atoms with Crippen molar-refractivity contribution in [3.8, 4) is 0 Å². The third-order valence-electron chi connectivity index (χ3n) is 4.13. The first-order valence-corrected chi connectivity index (χ1v) is 7.46. The van der Waals surface area contributed by atoms with Gasteiger partial charge in [-0.3, -0.25) is 9.59 Å². The lowest BCUT2D eigenvalue weighted by molar-refractivity contribution is -0.128. The third kappa shape index (κ3) is 4.18. The van der Waals surface area contributed by atoms with E-state index in [1.807, 2.05) is 4.90 Å². The zero-order chi connectivity index (χ0) is 14.4. The Hall–Kier alpha value is -1.14. The van der Waals surface area contributed by atoms with Crippen LogP contribution >= 0.6 is 0 Å². The van der Waals surface area contributed by atoms with Crippen LogP contribution in [0.2, 0.25) is 0 Å². The number of carbonyl (C=O) groups excluding carboxylic acids is 2. The maximum atomic E-state index is 12.0. The van der Waals surface area contributed by atoms with E-state index in [1.54, 1.807) is 7.11 Å². The molecule has 2 aliphatic rings. The third-order valence-corrected chi connectivity index (χ3v) is 4.13. The monoisotopic (exact) mass is 283 g/mol. The second-order valence-electron chi connectivity index (χ2n) is 5.67. The Balaban J connectivity index is 1.69. The van der Waals surface area contributed by atoms with Gasteiger partial charge in [0.1, 0.15) is 0 Å². The van der Waals surface area contributed by atoms with Crippen LogP contribution in [0.15, 0.2) is 0 Å². The van der Waals surface area contributed by atoms with Crippen molar-refractivity contribution < 1.29 is 14.3 Å². The molecule has 2 saturated heterocycles. The standard InChI is InChI=1S/C14H25N3O3/c1-20-7-6-17-10-11(8-13(17)18)9-16-14(19)12-2-4-15-5-3-12/h11-12,15H,2-10H2,1H3,(H,16,19)/t11-/m1/s1. The molecule has 6 heteroatoms. The normalized spacial score (nSPS) is 24.1. The SMILES string of the molecule is COCCN1C[C@@H](CNC(=O)C2CCNCC2)CC1=O. The molecule has 0 bridgehead atoms. The van der Waals surface area contributed by atoms with Crippen LogP contribution in [0.3, 0.4) is 0 Å². The quantitative estimate of drug-likeness (QED) is 0.696. The number of carbonyl (C=O) groups is 2. The fraction of sp³-hybridized carbons (Fsp3) is 0.857. The van der Waals surface area contributed by atoms with Crippen molar-refractivity contribution in [1.29, 1.82) is 0 Å². The maximum Gasteiger partial charge on any atom is 0.223 e. The van der Waals surface area contributed by atoms with E-state index in [0.29, 0.717) is 26.1 Å². The van der Waals surface area contributed by atoms with Crippen molar-refractivity contribution in [2.24, 2.45) is 11.8 Å². The van der Waals surface area contributed by atoms with Crippen LogP contribution < -0.4 is 10.6 Å². The summed E-state index contributed by atoms with van der Waals surface area (Å²) in [5.41, 5.74) is 0. The highest BCUT2D eigenvalue weighted by Crippen LogP contribution is 2.17. The van der Waals surface area contributed by atoms with E-state index in [1.165, 1.54) is 0 Å². The van der Waals surface area contributed by atoms with Crippen molar-refractivity contribution in [3.63, 3.8) is 0 Å². The van der Waals surface area contributed by atoms with E-state index in [-0.39, 0.29) is 23.7 Å². The number of nitrogens with zero attached hydrogens (tertiary/aromatic N) is 1. The van der Waals surface area contributed by atoms with E-state index in [9.17, 15) is 9.59 Å². The molecule has 0 aliphatic carbocycles. The van der Waals surface area contributed by atoms with Gasteiger partial charge >= 0.3 is 0 Å². The Morgan fingerprint density at radius 3 is 2.90 bits per heavy atom. The molecular formula is C14H25N3O3. The first-order valence-electron chi connectivity index (χ1n) is 7.46. The number of hydrogen-bond donors (Lipinski definition) is 2. The molecule has 2 fully saturated rings. The highest BCUT2D eigenvalue weighted by atomic mass is 16.5. The lowest BCUT2D eigenvalue weighted by Crippen LogP contribution is -2.40. The van der Waals surface area contributed by atoms with Gasteiger partial charge in [-0.05, 0) is 25.9 Å². The van der Waals surface area contributed by atoms with Crippen LogP contribution in [0.1, 0.15) is 19.3 Å².